The first-order chi connectivity index (χ1) is 19.3. The van der Waals surface area contributed by atoms with Gasteiger partial charge in [-0.05, 0) is 63.1 Å². The lowest BCUT2D eigenvalue weighted by molar-refractivity contribution is 0.0245. The van der Waals surface area contributed by atoms with Gasteiger partial charge in [0.15, 0.2) is 0 Å². The Morgan fingerprint density at radius 3 is 2.46 bits per heavy atom. The minimum Gasteiger partial charge on any atom is -0.496 e. The molecule has 11 heteroatoms. The number of esters is 1. The monoisotopic (exact) mass is 591 g/mol. The number of benzene rings is 2. The van der Waals surface area contributed by atoms with E-state index < -0.39 is 24.1 Å². The molecule has 0 bridgehead atoms. The van der Waals surface area contributed by atoms with Crippen molar-refractivity contribution in [3.05, 3.63) is 63.8 Å². The Labute approximate surface area is 243 Å². The molecule has 2 heterocycles. The molecule has 0 radical (unpaired) electrons. The van der Waals surface area contributed by atoms with E-state index in [9.17, 15) is 18.4 Å². The van der Waals surface area contributed by atoms with E-state index in [-0.39, 0.29) is 23.2 Å². The van der Waals surface area contributed by atoms with Crippen LogP contribution in [-0.2, 0) is 16.0 Å². The lowest BCUT2D eigenvalue weighted by Gasteiger charge is -2.42. The van der Waals surface area contributed by atoms with E-state index in [0.717, 1.165) is 22.1 Å². The second-order valence-corrected chi connectivity index (χ2v) is 11.6. The Bertz CT molecular complexity index is 1440. The molecule has 3 aromatic rings. The molecule has 4 rings (SSSR count). The van der Waals surface area contributed by atoms with Crippen LogP contribution in [0, 0.1) is 6.92 Å². The highest BCUT2D eigenvalue weighted by atomic mass is 35.5. The van der Waals surface area contributed by atoms with Gasteiger partial charge in [-0.15, -0.1) is 0 Å². The first kappa shape index (κ1) is 30.7. The molecule has 8 nitrogen and oxygen atoms in total. The first-order valence-corrected chi connectivity index (χ1v) is 13.7. The molecule has 1 saturated heterocycles. The molecule has 41 heavy (non-hydrogen) atoms. The number of ether oxygens (including phenoxy) is 3. The average Bonchev–Trinajstić information content (AvgIpc) is 3.35. The molecule has 222 valence electrons. The second kappa shape index (κ2) is 12.3. The maximum absolute atomic E-state index is 13.3. The van der Waals surface area contributed by atoms with Crippen molar-refractivity contribution in [1.82, 2.24) is 14.4 Å². The molecule has 0 saturated carbocycles. The molecule has 0 spiro atoms. The predicted octanol–water partition coefficient (Wildman–Crippen LogP) is 6.31. The lowest BCUT2D eigenvalue weighted by Crippen LogP contribution is -2.49. The third-order valence-corrected chi connectivity index (χ3v) is 7.47. The number of methoxy groups -OCH3 is 2. The third-order valence-electron chi connectivity index (χ3n) is 7.16. The molecule has 0 N–H and O–H groups in total. The smallest absolute Gasteiger partial charge is 0.419 e. The zero-order valence-corrected chi connectivity index (χ0v) is 24.9. The molecule has 2 aromatic carbocycles. The highest BCUT2D eigenvalue weighted by Gasteiger charge is 2.32. The van der Waals surface area contributed by atoms with Gasteiger partial charge in [0, 0.05) is 49.4 Å². The van der Waals surface area contributed by atoms with Crippen molar-refractivity contribution in [1.29, 1.82) is 0 Å². The van der Waals surface area contributed by atoms with Crippen molar-refractivity contribution in [2.45, 2.75) is 52.3 Å². The van der Waals surface area contributed by atoms with Gasteiger partial charge in [0.05, 0.1) is 36.9 Å². The number of hydrogen-bond acceptors (Lipinski definition) is 7. The van der Waals surface area contributed by atoms with Crippen LogP contribution in [0.3, 0.4) is 0 Å². The number of aryl methyl sites for hydroxylation is 1. The van der Waals surface area contributed by atoms with Crippen molar-refractivity contribution in [2.24, 2.45) is 0 Å². The molecular formula is C30H36ClF2N3O5. The Balaban J connectivity index is 1.75. The van der Waals surface area contributed by atoms with Crippen LogP contribution >= 0.6 is 11.6 Å². The normalized spacial score (nSPS) is 16.8. The van der Waals surface area contributed by atoms with Crippen molar-refractivity contribution in [3.63, 3.8) is 0 Å². The summed E-state index contributed by atoms with van der Waals surface area (Å²) < 4.78 is 44.4. The third kappa shape index (κ3) is 6.82. The Hall–Kier alpha value is -3.21. The number of nitrogens with zero attached hydrogens (tertiary/aromatic N) is 3. The standard InChI is InChI=1S/C30H36ClF2N3O5/c1-18-13-25(39-5)22(20-9-10-36(27(18)20)29(38)41-30(2,3)4)15-35-12-11-34(17-26(32)33)16-24(35)19-7-8-21(23(31)14-19)28(37)40-6/h7-10,13-14,24,26H,11-12,15-17H2,1-6H3/t24-/m0/s1. The zero-order chi connectivity index (χ0) is 30.1. The molecule has 1 atom stereocenters. The number of aromatic nitrogens is 1. The van der Waals surface area contributed by atoms with Gasteiger partial charge >= 0.3 is 12.1 Å². The Morgan fingerprint density at radius 1 is 1.12 bits per heavy atom. The summed E-state index contributed by atoms with van der Waals surface area (Å²) in [6, 6.07) is 8.53. The maximum atomic E-state index is 13.3. The minimum atomic E-state index is -2.46. The van der Waals surface area contributed by atoms with Gasteiger partial charge in [-0.25, -0.2) is 18.4 Å². The summed E-state index contributed by atoms with van der Waals surface area (Å²) in [4.78, 5) is 29.0. The summed E-state index contributed by atoms with van der Waals surface area (Å²) >= 11 is 6.45. The molecule has 1 aliphatic heterocycles. The van der Waals surface area contributed by atoms with Crippen LogP contribution in [0.1, 0.15) is 53.9 Å². The van der Waals surface area contributed by atoms with Crippen LogP contribution in [-0.4, -0.2) is 78.9 Å². The van der Waals surface area contributed by atoms with Gasteiger partial charge in [-0.1, -0.05) is 17.7 Å². The van der Waals surface area contributed by atoms with E-state index in [4.69, 9.17) is 25.8 Å². The Kier molecular flexibility index (Phi) is 9.25. The van der Waals surface area contributed by atoms with Crippen molar-refractivity contribution >= 4 is 34.6 Å². The molecule has 0 amide bonds. The Morgan fingerprint density at radius 2 is 1.85 bits per heavy atom. The summed E-state index contributed by atoms with van der Waals surface area (Å²) in [5.41, 5.74) is 2.78. The zero-order valence-electron chi connectivity index (χ0n) is 24.2. The van der Waals surface area contributed by atoms with Crippen LogP contribution in [0.4, 0.5) is 13.6 Å². The number of carbonyl (C=O) groups excluding carboxylic acids is 2. The SMILES string of the molecule is COC(=O)c1ccc([C@@H]2CN(CC(F)F)CCN2Cc2c(OC)cc(C)c3c2ccn3C(=O)OC(C)(C)C)cc1Cl. The number of fused-ring (bicyclic) bond motifs is 1. The summed E-state index contributed by atoms with van der Waals surface area (Å²) in [5.74, 6) is 0.104. The molecule has 0 unspecified atom stereocenters. The summed E-state index contributed by atoms with van der Waals surface area (Å²) in [6.45, 7) is 8.73. The number of rotatable bonds is 7. The van der Waals surface area contributed by atoms with Crippen LogP contribution in [0.15, 0.2) is 36.5 Å². The topological polar surface area (TPSA) is 73.2 Å². The summed E-state index contributed by atoms with van der Waals surface area (Å²) in [5, 5.41) is 1.06. The molecule has 1 aliphatic rings. The molecule has 0 aliphatic carbocycles. The van der Waals surface area contributed by atoms with Gasteiger partial charge in [-0.2, -0.15) is 0 Å². The predicted molar refractivity (Wildman–Crippen MR) is 153 cm³/mol. The second-order valence-electron chi connectivity index (χ2n) is 11.2. The number of carbonyl (C=O) groups is 2. The maximum Gasteiger partial charge on any atom is 0.419 e. The fraction of sp³-hybridized carbons (Fsp3) is 0.467. The fourth-order valence-corrected chi connectivity index (χ4v) is 5.60. The molecule has 1 aromatic heterocycles. The van der Waals surface area contributed by atoms with Crippen molar-refractivity contribution in [3.8, 4) is 5.75 Å². The summed E-state index contributed by atoms with van der Waals surface area (Å²) in [7, 11) is 2.88. The van der Waals surface area contributed by atoms with Gasteiger partial charge in [-0.3, -0.25) is 14.4 Å². The van der Waals surface area contributed by atoms with Gasteiger partial charge in [0.25, 0.3) is 6.43 Å². The van der Waals surface area contributed by atoms with E-state index in [0.29, 0.717) is 37.4 Å². The van der Waals surface area contributed by atoms with E-state index in [2.05, 4.69) is 4.90 Å². The van der Waals surface area contributed by atoms with E-state index in [1.807, 2.05) is 39.8 Å². The van der Waals surface area contributed by atoms with Crippen LogP contribution in [0.25, 0.3) is 10.9 Å². The molecule has 1 fully saturated rings. The van der Waals surface area contributed by atoms with Gasteiger partial charge < -0.3 is 14.2 Å². The van der Waals surface area contributed by atoms with Crippen LogP contribution in [0.5, 0.6) is 5.75 Å². The van der Waals surface area contributed by atoms with Crippen LogP contribution < -0.4 is 4.74 Å². The minimum absolute atomic E-state index is 0.227. The lowest BCUT2D eigenvalue weighted by atomic mass is 9.98. The quantitative estimate of drug-likeness (QED) is 0.298. The highest BCUT2D eigenvalue weighted by Crippen LogP contribution is 2.37. The van der Waals surface area contributed by atoms with Crippen LogP contribution in [0.2, 0.25) is 5.02 Å². The van der Waals surface area contributed by atoms with Gasteiger partial charge in [0.2, 0.25) is 0 Å². The number of piperazine rings is 1. The van der Waals surface area contributed by atoms with E-state index in [1.165, 1.54) is 11.7 Å². The first-order valence-electron chi connectivity index (χ1n) is 13.4. The molecular weight excluding hydrogens is 556 g/mol. The van der Waals surface area contributed by atoms with Crippen molar-refractivity contribution in [2.75, 3.05) is 40.4 Å². The van der Waals surface area contributed by atoms with E-state index in [1.54, 1.807) is 36.4 Å². The fourth-order valence-electron chi connectivity index (χ4n) is 5.33. The van der Waals surface area contributed by atoms with Crippen molar-refractivity contribution < 1.29 is 32.6 Å². The number of halogens is 3. The highest BCUT2D eigenvalue weighted by molar-refractivity contribution is 6.33. The van der Waals surface area contributed by atoms with Gasteiger partial charge in [0.1, 0.15) is 11.4 Å². The largest absolute Gasteiger partial charge is 0.496 e. The number of hydrogen-bond donors (Lipinski definition) is 0. The number of alkyl halides is 2. The van der Waals surface area contributed by atoms with E-state index >= 15 is 0 Å². The average molecular weight is 592 g/mol. The summed E-state index contributed by atoms with van der Waals surface area (Å²) in [6.07, 6.45) is -1.25.